The van der Waals surface area contributed by atoms with E-state index in [0.717, 1.165) is 11.3 Å². The lowest BCUT2D eigenvalue weighted by Crippen LogP contribution is -2.45. The number of halogens is 3. The molecule has 0 aliphatic carbocycles. The number of carboxylic acid groups (broad SMARTS) is 1. The first-order chi connectivity index (χ1) is 9.80. The molecule has 1 unspecified atom stereocenters. The molecule has 1 saturated heterocycles. The van der Waals surface area contributed by atoms with Crippen LogP contribution in [0.3, 0.4) is 0 Å². The molecule has 0 saturated carbocycles. The molecular formula is C14H14F3NO3. The van der Waals surface area contributed by atoms with Crippen LogP contribution < -0.4 is 0 Å². The number of carbonyl (C=O) groups is 2. The number of rotatable bonds is 2. The second-order valence-corrected chi connectivity index (χ2v) is 4.94. The monoisotopic (exact) mass is 301 g/mol. The lowest BCUT2D eigenvalue weighted by molar-refractivity contribution is -0.189. The van der Waals surface area contributed by atoms with Crippen molar-refractivity contribution in [2.24, 2.45) is 0 Å². The molecule has 1 atom stereocenters. The number of likely N-dealkylation sites (tertiary alicyclic amines) is 1. The van der Waals surface area contributed by atoms with Gasteiger partial charge in [0, 0.05) is 6.54 Å². The molecule has 0 radical (unpaired) electrons. The van der Waals surface area contributed by atoms with Crippen LogP contribution in [0.5, 0.6) is 0 Å². The molecule has 1 heterocycles. The van der Waals surface area contributed by atoms with Gasteiger partial charge in [-0.05, 0) is 37.0 Å². The van der Waals surface area contributed by atoms with Gasteiger partial charge in [0.25, 0.3) is 0 Å². The standard InChI is InChI=1S/C14H14F3NO3/c15-14(16,17)13(21)18-8-2-1-3-11(18)9-4-6-10(7-5-9)12(19)20/h4-7,11H,1-3,8H2,(H,19,20). The summed E-state index contributed by atoms with van der Waals surface area (Å²) in [6, 6.07) is 4.95. The molecule has 1 aromatic rings. The summed E-state index contributed by atoms with van der Waals surface area (Å²) in [7, 11) is 0. The topological polar surface area (TPSA) is 57.6 Å². The van der Waals surface area contributed by atoms with Gasteiger partial charge in [-0.2, -0.15) is 13.2 Å². The molecule has 0 aromatic heterocycles. The Hall–Kier alpha value is -2.05. The molecule has 0 bridgehead atoms. The number of piperidine rings is 1. The summed E-state index contributed by atoms with van der Waals surface area (Å²) in [5.41, 5.74) is 0.584. The van der Waals surface area contributed by atoms with Crippen LogP contribution >= 0.6 is 0 Å². The predicted molar refractivity (Wildman–Crippen MR) is 67.8 cm³/mol. The van der Waals surface area contributed by atoms with E-state index in [9.17, 15) is 22.8 Å². The zero-order chi connectivity index (χ0) is 15.6. The molecular weight excluding hydrogens is 287 g/mol. The number of benzene rings is 1. The van der Waals surface area contributed by atoms with Gasteiger partial charge in [-0.25, -0.2) is 4.79 Å². The molecule has 114 valence electrons. The number of aromatic carboxylic acids is 1. The Balaban J connectivity index is 2.26. The van der Waals surface area contributed by atoms with E-state index in [-0.39, 0.29) is 12.1 Å². The van der Waals surface area contributed by atoms with Gasteiger partial charge in [-0.3, -0.25) is 4.79 Å². The maximum atomic E-state index is 12.6. The lowest BCUT2D eigenvalue weighted by atomic mass is 9.94. The Bertz CT molecular complexity index is 539. The Kier molecular flexibility index (Phi) is 4.20. The van der Waals surface area contributed by atoms with Crippen molar-refractivity contribution in [1.29, 1.82) is 0 Å². The minimum absolute atomic E-state index is 0.0586. The van der Waals surface area contributed by atoms with Crippen molar-refractivity contribution in [1.82, 2.24) is 4.90 Å². The van der Waals surface area contributed by atoms with E-state index in [0.29, 0.717) is 18.4 Å². The summed E-state index contributed by atoms with van der Waals surface area (Å²) in [6.45, 7) is 0.0592. The van der Waals surface area contributed by atoms with E-state index in [1.165, 1.54) is 24.3 Å². The number of carboxylic acids is 1. The van der Waals surface area contributed by atoms with Crippen molar-refractivity contribution in [3.63, 3.8) is 0 Å². The van der Waals surface area contributed by atoms with Crippen molar-refractivity contribution in [3.8, 4) is 0 Å². The Labute approximate surface area is 119 Å². The summed E-state index contributed by atoms with van der Waals surface area (Å²) < 4.78 is 37.9. The molecule has 1 amide bonds. The number of alkyl halides is 3. The number of hydrogen-bond donors (Lipinski definition) is 1. The van der Waals surface area contributed by atoms with Crippen molar-refractivity contribution >= 4 is 11.9 Å². The van der Waals surface area contributed by atoms with Crippen molar-refractivity contribution in [3.05, 3.63) is 35.4 Å². The first-order valence-electron chi connectivity index (χ1n) is 6.52. The number of amides is 1. The molecule has 1 N–H and O–H groups in total. The zero-order valence-corrected chi connectivity index (χ0v) is 11.1. The molecule has 0 spiro atoms. The fourth-order valence-electron chi connectivity index (χ4n) is 2.53. The number of nitrogens with zero attached hydrogens (tertiary/aromatic N) is 1. The van der Waals surface area contributed by atoms with Crippen LogP contribution in [0.15, 0.2) is 24.3 Å². The highest BCUT2D eigenvalue weighted by molar-refractivity contribution is 5.87. The van der Waals surface area contributed by atoms with Crippen LogP contribution in [-0.2, 0) is 4.79 Å². The minimum Gasteiger partial charge on any atom is -0.478 e. The maximum absolute atomic E-state index is 12.6. The molecule has 1 aliphatic heterocycles. The van der Waals surface area contributed by atoms with Gasteiger partial charge < -0.3 is 10.0 Å². The third-order valence-electron chi connectivity index (χ3n) is 3.55. The van der Waals surface area contributed by atoms with Gasteiger partial charge in [-0.1, -0.05) is 12.1 Å². The molecule has 7 heteroatoms. The first-order valence-corrected chi connectivity index (χ1v) is 6.52. The molecule has 4 nitrogen and oxygen atoms in total. The van der Waals surface area contributed by atoms with Gasteiger partial charge in [0.2, 0.25) is 0 Å². The maximum Gasteiger partial charge on any atom is 0.471 e. The fourth-order valence-corrected chi connectivity index (χ4v) is 2.53. The van der Waals surface area contributed by atoms with Gasteiger partial charge in [0.1, 0.15) is 0 Å². The largest absolute Gasteiger partial charge is 0.478 e. The summed E-state index contributed by atoms with van der Waals surface area (Å²) >= 11 is 0. The lowest BCUT2D eigenvalue weighted by Gasteiger charge is -2.36. The number of carbonyl (C=O) groups excluding carboxylic acids is 1. The number of hydrogen-bond acceptors (Lipinski definition) is 2. The Morgan fingerprint density at radius 2 is 1.76 bits per heavy atom. The smallest absolute Gasteiger partial charge is 0.471 e. The highest BCUT2D eigenvalue weighted by Gasteiger charge is 2.45. The zero-order valence-electron chi connectivity index (χ0n) is 11.1. The van der Waals surface area contributed by atoms with Crippen molar-refractivity contribution in [2.75, 3.05) is 6.54 Å². The Morgan fingerprint density at radius 3 is 2.29 bits per heavy atom. The first kappa shape index (κ1) is 15.3. The van der Waals surface area contributed by atoms with Crippen LogP contribution in [0.2, 0.25) is 0 Å². The van der Waals surface area contributed by atoms with Crippen LogP contribution in [0.25, 0.3) is 0 Å². The van der Waals surface area contributed by atoms with E-state index in [4.69, 9.17) is 5.11 Å². The SMILES string of the molecule is O=C(O)c1ccc(C2CCCCN2C(=O)C(F)(F)F)cc1. The highest BCUT2D eigenvalue weighted by Crippen LogP contribution is 2.34. The van der Waals surface area contributed by atoms with E-state index >= 15 is 0 Å². The molecule has 1 fully saturated rings. The molecule has 1 aromatic carbocycles. The average molecular weight is 301 g/mol. The molecule has 21 heavy (non-hydrogen) atoms. The Morgan fingerprint density at radius 1 is 1.14 bits per heavy atom. The van der Waals surface area contributed by atoms with E-state index in [1.807, 2.05) is 0 Å². The molecule has 1 aliphatic rings. The average Bonchev–Trinajstić information content (AvgIpc) is 2.45. The summed E-state index contributed by atoms with van der Waals surface area (Å²) in [4.78, 5) is 23.1. The molecule has 2 rings (SSSR count). The van der Waals surface area contributed by atoms with Crippen LogP contribution in [0.1, 0.15) is 41.2 Å². The van der Waals surface area contributed by atoms with Crippen molar-refractivity contribution < 1.29 is 27.9 Å². The second kappa shape index (κ2) is 5.75. The van der Waals surface area contributed by atoms with E-state index in [1.54, 1.807) is 0 Å². The normalized spacial score (nSPS) is 19.4. The van der Waals surface area contributed by atoms with Gasteiger partial charge in [0.15, 0.2) is 0 Å². The highest BCUT2D eigenvalue weighted by atomic mass is 19.4. The summed E-state index contributed by atoms with van der Waals surface area (Å²) in [6.07, 6.45) is -3.19. The van der Waals surface area contributed by atoms with E-state index < -0.39 is 24.1 Å². The van der Waals surface area contributed by atoms with Gasteiger partial charge >= 0.3 is 18.1 Å². The summed E-state index contributed by atoms with van der Waals surface area (Å²) in [5, 5.41) is 8.82. The third-order valence-corrected chi connectivity index (χ3v) is 3.55. The van der Waals surface area contributed by atoms with Gasteiger partial charge in [0.05, 0.1) is 11.6 Å². The van der Waals surface area contributed by atoms with E-state index in [2.05, 4.69) is 0 Å². The quantitative estimate of drug-likeness (QED) is 0.913. The predicted octanol–water partition coefficient (Wildman–Crippen LogP) is 3.00. The van der Waals surface area contributed by atoms with Crippen LogP contribution in [-0.4, -0.2) is 34.6 Å². The third kappa shape index (κ3) is 3.34. The van der Waals surface area contributed by atoms with Crippen LogP contribution in [0.4, 0.5) is 13.2 Å². The van der Waals surface area contributed by atoms with Crippen molar-refractivity contribution in [2.45, 2.75) is 31.5 Å². The van der Waals surface area contributed by atoms with Gasteiger partial charge in [-0.15, -0.1) is 0 Å². The summed E-state index contributed by atoms with van der Waals surface area (Å²) in [5.74, 6) is -2.94. The van der Waals surface area contributed by atoms with Crippen LogP contribution in [0, 0.1) is 0 Å². The fraction of sp³-hybridized carbons (Fsp3) is 0.429. The second-order valence-electron chi connectivity index (χ2n) is 4.94. The minimum atomic E-state index is -4.89.